The molecule has 8 nitrogen and oxygen atoms in total. The van der Waals surface area contributed by atoms with E-state index < -0.39 is 0 Å². The van der Waals surface area contributed by atoms with Gasteiger partial charge in [0.2, 0.25) is 5.95 Å². The largest absolute Gasteiger partial charge is 0.396 e. The number of aromatic amines is 1. The Bertz CT molecular complexity index is 679. The molecule has 0 aromatic carbocycles. The van der Waals surface area contributed by atoms with Gasteiger partial charge >= 0.3 is 0 Å². The number of nitrogens with one attached hydrogen (secondary N) is 1. The number of fused-ring (bicyclic) bond motifs is 1. The zero-order valence-electron chi connectivity index (χ0n) is 10.5. The summed E-state index contributed by atoms with van der Waals surface area (Å²) in [5.41, 5.74) is 5.52. The van der Waals surface area contributed by atoms with E-state index in [1.165, 1.54) is 6.33 Å². The van der Waals surface area contributed by atoms with Crippen LogP contribution in [0.4, 0.5) is 5.95 Å². The second-order valence-corrected chi connectivity index (χ2v) is 5.21. The number of hydrogen-bond donors (Lipinski definition) is 3. The van der Waals surface area contributed by atoms with E-state index in [4.69, 9.17) is 10.5 Å². The van der Waals surface area contributed by atoms with E-state index in [-0.39, 0.29) is 35.3 Å². The monoisotopic (exact) mass is 265 g/mol. The quantitative estimate of drug-likeness (QED) is 0.681. The number of H-pyrrole nitrogens is 1. The van der Waals surface area contributed by atoms with E-state index >= 15 is 0 Å². The van der Waals surface area contributed by atoms with E-state index in [2.05, 4.69) is 15.0 Å². The van der Waals surface area contributed by atoms with Crippen LogP contribution in [0.1, 0.15) is 19.6 Å². The van der Waals surface area contributed by atoms with Gasteiger partial charge in [0, 0.05) is 11.8 Å². The summed E-state index contributed by atoms with van der Waals surface area (Å²) < 4.78 is 7.34. The lowest BCUT2D eigenvalue weighted by atomic mass is 9.90. The third kappa shape index (κ3) is 1.89. The van der Waals surface area contributed by atoms with Crippen molar-refractivity contribution in [1.29, 1.82) is 0 Å². The van der Waals surface area contributed by atoms with E-state index in [0.29, 0.717) is 18.7 Å². The Balaban J connectivity index is 2.05. The lowest BCUT2D eigenvalue weighted by Crippen LogP contribution is -2.21. The highest BCUT2D eigenvalue weighted by atomic mass is 16.5. The number of nitrogens with zero attached hydrogens (tertiary/aromatic N) is 3. The molecule has 0 unspecified atom stereocenters. The van der Waals surface area contributed by atoms with Crippen LogP contribution in [0.5, 0.6) is 0 Å². The van der Waals surface area contributed by atoms with Crippen molar-refractivity contribution < 1.29 is 9.84 Å². The van der Waals surface area contributed by atoms with Crippen LogP contribution in [0.15, 0.2) is 11.1 Å². The first-order valence-electron chi connectivity index (χ1n) is 5.97. The van der Waals surface area contributed by atoms with Gasteiger partial charge in [-0.2, -0.15) is 4.98 Å². The summed E-state index contributed by atoms with van der Waals surface area (Å²) >= 11 is 0. The van der Waals surface area contributed by atoms with Gasteiger partial charge < -0.3 is 15.6 Å². The average molecular weight is 265 g/mol. The summed E-state index contributed by atoms with van der Waals surface area (Å²) in [5, 5.41) is 9.35. The first kappa shape index (κ1) is 12.1. The van der Waals surface area contributed by atoms with Crippen LogP contribution in [0, 0.1) is 5.41 Å². The third-order valence-electron chi connectivity index (χ3n) is 3.43. The molecule has 4 N–H and O–H groups in total. The van der Waals surface area contributed by atoms with Crippen LogP contribution < -0.4 is 11.3 Å². The van der Waals surface area contributed by atoms with Crippen molar-refractivity contribution in [3.63, 3.8) is 0 Å². The molecule has 0 spiro atoms. The fraction of sp³-hybridized carbons (Fsp3) is 0.545. The number of nitrogen functional groups attached to an aromatic ring is 1. The fourth-order valence-corrected chi connectivity index (χ4v) is 2.28. The van der Waals surface area contributed by atoms with Gasteiger partial charge in [-0.15, -0.1) is 0 Å². The summed E-state index contributed by atoms with van der Waals surface area (Å²) in [7, 11) is 0. The van der Waals surface area contributed by atoms with Gasteiger partial charge in [-0.05, 0) is 0 Å². The predicted molar refractivity (Wildman–Crippen MR) is 67.4 cm³/mol. The highest BCUT2D eigenvalue weighted by molar-refractivity contribution is 5.70. The van der Waals surface area contributed by atoms with Crippen LogP contribution in [-0.4, -0.2) is 37.8 Å². The minimum atomic E-state index is -0.371. The topological polar surface area (TPSA) is 119 Å². The number of aliphatic hydroxyl groups excluding tert-OH is 1. The highest BCUT2D eigenvalue weighted by Gasteiger charge is 2.37. The van der Waals surface area contributed by atoms with Crippen LogP contribution in [-0.2, 0) is 4.74 Å². The number of hydrogen-bond acceptors (Lipinski definition) is 6. The molecule has 1 aliphatic rings. The number of aliphatic hydroxyl groups is 1. The molecule has 1 saturated heterocycles. The molecule has 0 amide bonds. The second kappa shape index (κ2) is 4.04. The average Bonchev–Trinajstić information content (AvgIpc) is 2.94. The van der Waals surface area contributed by atoms with Crippen molar-refractivity contribution in [1.82, 2.24) is 19.5 Å². The van der Waals surface area contributed by atoms with Gasteiger partial charge in [0.15, 0.2) is 11.2 Å². The molecule has 102 valence electrons. The number of ether oxygens (including phenoxy) is 1. The normalized spacial score (nSPS) is 27.2. The number of aromatic nitrogens is 4. The Morgan fingerprint density at radius 1 is 1.74 bits per heavy atom. The van der Waals surface area contributed by atoms with Crippen molar-refractivity contribution >= 4 is 17.1 Å². The molecule has 3 rings (SSSR count). The summed E-state index contributed by atoms with van der Waals surface area (Å²) in [6.45, 7) is 2.44. The maximum Gasteiger partial charge on any atom is 0.280 e. The summed E-state index contributed by atoms with van der Waals surface area (Å²) in [6, 6.07) is 0. The smallest absolute Gasteiger partial charge is 0.280 e. The summed E-state index contributed by atoms with van der Waals surface area (Å²) in [6.07, 6.45) is 1.85. The lowest BCUT2D eigenvalue weighted by molar-refractivity contribution is 0.0464. The highest BCUT2D eigenvalue weighted by Crippen LogP contribution is 2.38. The van der Waals surface area contributed by atoms with Crippen molar-refractivity contribution in [2.75, 3.05) is 18.9 Å². The van der Waals surface area contributed by atoms with Gasteiger partial charge in [0.1, 0.15) is 6.23 Å². The number of imidazole rings is 1. The van der Waals surface area contributed by atoms with Crippen LogP contribution in [0.25, 0.3) is 11.2 Å². The summed E-state index contributed by atoms with van der Waals surface area (Å²) in [5.74, 6) is 0.0437. The molecule has 1 aliphatic heterocycles. The first-order valence-corrected chi connectivity index (χ1v) is 5.97. The molecule has 0 saturated carbocycles. The Kier molecular flexibility index (Phi) is 2.58. The van der Waals surface area contributed by atoms with Crippen LogP contribution in [0.3, 0.4) is 0 Å². The van der Waals surface area contributed by atoms with E-state index in [9.17, 15) is 9.90 Å². The third-order valence-corrected chi connectivity index (χ3v) is 3.43. The molecule has 0 aliphatic carbocycles. The standard InChI is InChI=1S/C11H15N5O3/c1-11(3-17)2-6(19-4-11)16-5-13-7-8(16)14-10(12)15-9(7)18/h5-6,17H,2-4H2,1H3,(H3,12,14,15,18)/t6-,11-/m1/s1. The van der Waals surface area contributed by atoms with E-state index in [0.717, 1.165) is 0 Å². The van der Waals surface area contributed by atoms with Gasteiger partial charge in [0.05, 0.1) is 19.5 Å². The Hall–Kier alpha value is -1.93. The minimum Gasteiger partial charge on any atom is -0.396 e. The van der Waals surface area contributed by atoms with Crippen molar-refractivity contribution in [3.8, 4) is 0 Å². The molecule has 2 aromatic heterocycles. The molecular formula is C11H15N5O3. The van der Waals surface area contributed by atoms with Gasteiger partial charge in [-0.25, -0.2) is 4.98 Å². The molecule has 2 aromatic rings. The van der Waals surface area contributed by atoms with Crippen molar-refractivity contribution in [2.45, 2.75) is 19.6 Å². The molecule has 2 atom stereocenters. The van der Waals surface area contributed by atoms with E-state index in [1.54, 1.807) is 4.57 Å². The molecule has 19 heavy (non-hydrogen) atoms. The maximum absolute atomic E-state index is 11.7. The zero-order valence-corrected chi connectivity index (χ0v) is 10.5. The predicted octanol–water partition coefficient (Wildman–Crippen LogP) is -0.381. The Labute approximate surface area is 108 Å². The summed E-state index contributed by atoms with van der Waals surface area (Å²) in [4.78, 5) is 22.2. The van der Waals surface area contributed by atoms with Gasteiger partial charge in [-0.1, -0.05) is 6.92 Å². The fourth-order valence-electron chi connectivity index (χ4n) is 2.28. The Morgan fingerprint density at radius 2 is 2.53 bits per heavy atom. The SMILES string of the molecule is C[C@@]1(CO)CO[C@@H](n2cnc3c(=O)[nH]c(N)nc32)C1. The molecular weight excluding hydrogens is 250 g/mol. The molecule has 3 heterocycles. The van der Waals surface area contributed by atoms with Gasteiger partial charge in [-0.3, -0.25) is 14.3 Å². The van der Waals surface area contributed by atoms with Crippen molar-refractivity contribution in [3.05, 3.63) is 16.7 Å². The number of anilines is 1. The Morgan fingerprint density at radius 3 is 3.21 bits per heavy atom. The minimum absolute atomic E-state index is 0.0437. The van der Waals surface area contributed by atoms with E-state index in [1.807, 2.05) is 6.92 Å². The second-order valence-electron chi connectivity index (χ2n) is 5.21. The molecule has 0 bridgehead atoms. The van der Waals surface area contributed by atoms with Gasteiger partial charge in [0.25, 0.3) is 5.56 Å². The number of nitrogens with two attached hydrogens (primary N) is 1. The number of rotatable bonds is 2. The maximum atomic E-state index is 11.7. The molecule has 8 heteroatoms. The van der Waals surface area contributed by atoms with Crippen molar-refractivity contribution in [2.24, 2.45) is 5.41 Å². The van der Waals surface area contributed by atoms with Crippen LogP contribution >= 0.6 is 0 Å². The molecule has 1 fully saturated rings. The lowest BCUT2D eigenvalue weighted by Gasteiger charge is -2.17. The molecule has 0 radical (unpaired) electrons. The zero-order chi connectivity index (χ0) is 13.6. The first-order chi connectivity index (χ1) is 9.02. The van der Waals surface area contributed by atoms with Crippen LogP contribution in [0.2, 0.25) is 0 Å².